The lowest BCUT2D eigenvalue weighted by atomic mass is 10.0. The number of aliphatic hydroxyl groups excluding tert-OH is 1. The van der Waals surface area contributed by atoms with Crippen LogP contribution >= 0.6 is 23.2 Å². The molecular weight excluding hydrogens is 503 g/mol. The smallest absolute Gasteiger partial charge is 0.322 e. The number of rotatable bonds is 6. The number of hydrogen-bond donors (Lipinski definition) is 2. The zero-order valence-corrected chi connectivity index (χ0v) is 20.1. The first kappa shape index (κ1) is 25.0. The normalized spacial score (nSPS) is 14.1. The second-order valence-electron chi connectivity index (χ2n) is 7.84. The van der Waals surface area contributed by atoms with E-state index in [2.05, 4.69) is 20.4 Å². The molecule has 2 aromatic heterocycles. The number of aromatic nitrogens is 3. The molecule has 0 unspecified atom stereocenters. The van der Waals surface area contributed by atoms with Crippen molar-refractivity contribution in [1.82, 2.24) is 20.0 Å². The Morgan fingerprint density at radius 1 is 1.29 bits per heavy atom. The standard InChI is InChI=1S/C23H21Cl2F2N5O3/c1-2-23(26,27)16-4-3-15(10-17(16)24)29-22(34)32-7-5-13(6-8-32)20-18(25)9-14(11-28-20)21-30-19(12-33)31-35-21/h3-5,9-11,33H,2,6-8,12H2,1H3,(H,29,34). The molecule has 0 radical (unpaired) electrons. The maximum atomic E-state index is 13.9. The van der Waals surface area contributed by atoms with Crippen molar-refractivity contribution in [2.45, 2.75) is 32.3 Å². The molecule has 3 heterocycles. The molecule has 0 saturated heterocycles. The maximum Gasteiger partial charge on any atom is 0.322 e. The first-order valence-corrected chi connectivity index (χ1v) is 11.5. The Labute approximate surface area is 209 Å². The number of pyridine rings is 1. The van der Waals surface area contributed by atoms with Gasteiger partial charge in [0.2, 0.25) is 0 Å². The Bertz CT molecular complexity index is 1280. The number of alkyl halides is 2. The molecule has 12 heteroatoms. The highest BCUT2D eigenvalue weighted by Crippen LogP contribution is 2.37. The molecule has 184 valence electrons. The van der Waals surface area contributed by atoms with E-state index in [1.165, 1.54) is 25.1 Å². The van der Waals surface area contributed by atoms with Crippen LogP contribution in [0.1, 0.15) is 36.8 Å². The van der Waals surface area contributed by atoms with Gasteiger partial charge < -0.3 is 19.8 Å². The lowest BCUT2D eigenvalue weighted by Gasteiger charge is -2.27. The Balaban J connectivity index is 1.41. The number of halogens is 4. The molecule has 0 fully saturated rings. The van der Waals surface area contributed by atoms with Crippen molar-refractivity contribution in [3.05, 3.63) is 63.7 Å². The van der Waals surface area contributed by atoms with Crippen LogP contribution in [-0.2, 0) is 12.5 Å². The van der Waals surface area contributed by atoms with Crippen LogP contribution in [0.5, 0.6) is 0 Å². The summed E-state index contributed by atoms with van der Waals surface area (Å²) in [6, 6.07) is 5.23. The lowest BCUT2D eigenvalue weighted by molar-refractivity contribution is -0.00815. The van der Waals surface area contributed by atoms with E-state index >= 15 is 0 Å². The third-order valence-corrected chi connectivity index (χ3v) is 6.16. The van der Waals surface area contributed by atoms with Gasteiger partial charge in [-0.15, -0.1) is 0 Å². The largest absolute Gasteiger partial charge is 0.388 e. The lowest BCUT2D eigenvalue weighted by Crippen LogP contribution is -2.38. The Kier molecular flexibility index (Phi) is 7.34. The van der Waals surface area contributed by atoms with Crippen molar-refractivity contribution < 1.29 is 23.2 Å². The quantitative estimate of drug-likeness (QED) is 0.426. The molecule has 2 amide bonds. The highest BCUT2D eigenvalue weighted by atomic mass is 35.5. The summed E-state index contributed by atoms with van der Waals surface area (Å²) >= 11 is 12.5. The minimum atomic E-state index is -3.03. The third-order valence-electron chi connectivity index (χ3n) is 5.56. The van der Waals surface area contributed by atoms with Crippen LogP contribution in [0.4, 0.5) is 19.3 Å². The van der Waals surface area contributed by atoms with E-state index in [9.17, 15) is 13.6 Å². The fraction of sp³-hybridized carbons (Fsp3) is 0.304. The van der Waals surface area contributed by atoms with E-state index < -0.39 is 5.92 Å². The monoisotopic (exact) mass is 523 g/mol. The summed E-state index contributed by atoms with van der Waals surface area (Å²) in [5.74, 6) is -2.68. The van der Waals surface area contributed by atoms with Crippen LogP contribution in [0.3, 0.4) is 0 Å². The van der Waals surface area contributed by atoms with Gasteiger partial charge in [0.25, 0.3) is 11.8 Å². The number of hydrogen-bond acceptors (Lipinski definition) is 6. The molecule has 1 aliphatic heterocycles. The minimum absolute atomic E-state index is 0.104. The van der Waals surface area contributed by atoms with E-state index in [-0.39, 0.29) is 41.4 Å². The zero-order chi connectivity index (χ0) is 25.2. The molecule has 3 aromatic rings. The fourth-order valence-corrected chi connectivity index (χ4v) is 4.18. The molecule has 0 saturated carbocycles. The summed E-state index contributed by atoms with van der Waals surface area (Å²) in [4.78, 5) is 22.7. The summed E-state index contributed by atoms with van der Waals surface area (Å²) in [5, 5.41) is 15.7. The molecule has 0 atom stereocenters. The van der Waals surface area contributed by atoms with Gasteiger partial charge in [-0.1, -0.05) is 41.4 Å². The Morgan fingerprint density at radius 3 is 2.69 bits per heavy atom. The molecular formula is C23H21Cl2F2N5O3. The van der Waals surface area contributed by atoms with Gasteiger partial charge in [0.15, 0.2) is 5.82 Å². The number of amides is 2. The van der Waals surface area contributed by atoms with Crippen molar-refractivity contribution in [3.8, 4) is 11.5 Å². The summed E-state index contributed by atoms with van der Waals surface area (Å²) in [5.41, 5.74) is 2.03. The Hall–Kier alpha value is -3.08. The van der Waals surface area contributed by atoms with Gasteiger partial charge in [-0.25, -0.2) is 13.6 Å². The van der Waals surface area contributed by atoms with Gasteiger partial charge in [-0.2, -0.15) is 4.98 Å². The summed E-state index contributed by atoms with van der Waals surface area (Å²) in [6.07, 6.45) is 3.54. The van der Waals surface area contributed by atoms with Crippen LogP contribution in [0.25, 0.3) is 17.0 Å². The fourth-order valence-electron chi connectivity index (χ4n) is 3.58. The summed E-state index contributed by atoms with van der Waals surface area (Å²) < 4.78 is 33.0. The number of carbonyl (C=O) groups is 1. The molecule has 0 spiro atoms. The van der Waals surface area contributed by atoms with Gasteiger partial charge in [0.05, 0.1) is 21.3 Å². The van der Waals surface area contributed by atoms with Crippen LogP contribution < -0.4 is 5.32 Å². The Morgan fingerprint density at radius 2 is 2.09 bits per heavy atom. The number of nitrogens with one attached hydrogen (secondary N) is 1. The van der Waals surface area contributed by atoms with E-state index in [4.69, 9.17) is 32.8 Å². The number of carbonyl (C=O) groups excluding carboxylic acids is 1. The molecule has 8 nitrogen and oxygen atoms in total. The molecule has 0 bridgehead atoms. The second kappa shape index (κ2) is 10.3. The SMILES string of the molecule is CCC(F)(F)c1ccc(NC(=O)N2CC=C(c3ncc(-c4nc(CO)no4)cc3Cl)CC2)cc1Cl. The van der Waals surface area contributed by atoms with E-state index in [0.29, 0.717) is 41.5 Å². The number of aliphatic hydroxyl groups is 1. The molecule has 4 rings (SSSR count). The zero-order valence-electron chi connectivity index (χ0n) is 18.6. The number of nitrogens with zero attached hydrogens (tertiary/aromatic N) is 4. The second-order valence-corrected chi connectivity index (χ2v) is 8.65. The van der Waals surface area contributed by atoms with Crippen LogP contribution in [0.2, 0.25) is 10.0 Å². The molecule has 2 N–H and O–H groups in total. The van der Waals surface area contributed by atoms with Crippen molar-refractivity contribution in [2.75, 3.05) is 18.4 Å². The molecule has 1 aromatic carbocycles. The number of urea groups is 1. The highest BCUT2D eigenvalue weighted by Gasteiger charge is 2.31. The van der Waals surface area contributed by atoms with Gasteiger partial charge in [0, 0.05) is 37.0 Å². The van der Waals surface area contributed by atoms with Crippen molar-refractivity contribution >= 4 is 40.5 Å². The maximum absolute atomic E-state index is 13.9. The molecule has 1 aliphatic rings. The van der Waals surface area contributed by atoms with E-state index in [0.717, 1.165) is 5.57 Å². The first-order valence-electron chi connectivity index (χ1n) is 10.7. The van der Waals surface area contributed by atoms with Gasteiger partial charge in [-0.3, -0.25) is 4.98 Å². The summed E-state index contributed by atoms with van der Waals surface area (Å²) in [7, 11) is 0. The van der Waals surface area contributed by atoms with Crippen LogP contribution in [0, 0.1) is 0 Å². The highest BCUT2D eigenvalue weighted by molar-refractivity contribution is 6.32. The summed E-state index contributed by atoms with van der Waals surface area (Å²) in [6.45, 7) is 1.75. The average molecular weight is 524 g/mol. The van der Waals surface area contributed by atoms with E-state index in [1.807, 2.05) is 6.08 Å². The number of benzene rings is 1. The first-order chi connectivity index (χ1) is 16.7. The third kappa shape index (κ3) is 5.44. The van der Waals surface area contributed by atoms with Gasteiger partial charge >= 0.3 is 6.03 Å². The predicted molar refractivity (Wildman–Crippen MR) is 127 cm³/mol. The van der Waals surface area contributed by atoms with Crippen molar-refractivity contribution in [3.63, 3.8) is 0 Å². The van der Waals surface area contributed by atoms with Crippen molar-refractivity contribution in [1.29, 1.82) is 0 Å². The van der Waals surface area contributed by atoms with Crippen LogP contribution in [-0.4, -0.2) is 44.3 Å². The van der Waals surface area contributed by atoms with Gasteiger partial charge in [-0.05, 0) is 36.3 Å². The van der Waals surface area contributed by atoms with Crippen LogP contribution in [0.15, 0.2) is 41.1 Å². The molecule has 35 heavy (non-hydrogen) atoms. The predicted octanol–water partition coefficient (Wildman–Crippen LogP) is 5.75. The topological polar surface area (TPSA) is 104 Å². The van der Waals surface area contributed by atoms with Gasteiger partial charge in [0.1, 0.15) is 6.61 Å². The molecule has 0 aliphatic carbocycles. The van der Waals surface area contributed by atoms with Crippen molar-refractivity contribution in [2.24, 2.45) is 0 Å². The minimum Gasteiger partial charge on any atom is -0.388 e. The number of anilines is 1. The average Bonchev–Trinajstić information content (AvgIpc) is 3.33. The van der Waals surface area contributed by atoms with E-state index in [1.54, 1.807) is 17.2 Å².